The molecule has 0 amide bonds. The molecule has 6 nitrogen and oxygen atoms in total. The van der Waals surface area contributed by atoms with E-state index in [-0.39, 0.29) is 17.7 Å². The van der Waals surface area contributed by atoms with E-state index in [1.165, 1.54) is 6.42 Å². The predicted molar refractivity (Wildman–Crippen MR) is 79.8 cm³/mol. The minimum atomic E-state index is -1.03. The minimum Gasteiger partial charge on any atom is -0.476 e. The zero-order valence-corrected chi connectivity index (χ0v) is 12.6. The first-order valence-electron chi connectivity index (χ1n) is 7.53. The van der Waals surface area contributed by atoms with E-state index in [2.05, 4.69) is 15.3 Å². The number of nitrogens with zero attached hydrogens (tertiary/aromatic N) is 2. The number of aromatic carboxylic acids is 1. The van der Waals surface area contributed by atoms with Crippen LogP contribution in [0.3, 0.4) is 0 Å². The van der Waals surface area contributed by atoms with Gasteiger partial charge in [0.1, 0.15) is 5.82 Å². The van der Waals surface area contributed by atoms with Gasteiger partial charge in [-0.3, -0.25) is 0 Å². The van der Waals surface area contributed by atoms with Gasteiger partial charge in [0.05, 0.1) is 18.0 Å². The Labute approximate surface area is 124 Å². The number of hydrogen-bond acceptors (Lipinski definition) is 5. The number of carboxylic acid groups (broad SMARTS) is 1. The quantitative estimate of drug-likeness (QED) is 0.839. The average Bonchev–Trinajstić information content (AvgIpc) is 2.48. The van der Waals surface area contributed by atoms with E-state index >= 15 is 0 Å². The fourth-order valence-corrected chi connectivity index (χ4v) is 2.37. The first-order valence-corrected chi connectivity index (χ1v) is 7.53. The molecule has 6 heteroatoms. The summed E-state index contributed by atoms with van der Waals surface area (Å²) in [6.07, 6.45) is 6.12. The lowest BCUT2D eigenvalue weighted by Crippen LogP contribution is -2.22. The van der Waals surface area contributed by atoms with Crippen LogP contribution in [-0.4, -0.2) is 40.3 Å². The Morgan fingerprint density at radius 2 is 2.33 bits per heavy atom. The fraction of sp³-hybridized carbons (Fsp3) is 0.667. The van der Waals surface area contributed by atoms with Crippen molar-refractivity contribution in [3.63, 3.8) is 0 Å². The molecule has 2 N–H and O–H groups in total. The van der Waals surface area contributed by atoms with Crippen LogP contribution in [0.1, 0.15) is 61.8 Å². The number of carboxylic acids is 1. The van der Waals surface area contributed by atoms with Crippen molar-refractivity contribution >= 4 is 11.7 Å². The van der Waals surface area contributed by atoms with Crippen LogP contribution in [0.25, 0.3) is 0 Å². The van der Waals surface area contributed by atoms with Crippen molar-refractivity contribution < 1.29 is 14.6 Å². The summed E-state index contributed by atoms with van der Waals surface area (Å²) in [4.78, 5) is 19.7. The molecule has 1 aromatic rings. The number of anilines is 1. The van der Waals surface area contributed by atoms with Crippen molar-refractivity contribution in [3.8, 4) is 0 Å². The normalized spacial score (nSPS) is 18.7. The molecule has 1 unspecified atom stereocenters. The van der Waals surface area contributed by atoms with E-state index in [0.717, 1.165) is 25.9 Å². The molecule has 1 aliphatic heterocycles. The van der Waals surface area contributed by atoms with Crippen molar-refractivity contribution in [3.05, 3.63) is 17.7 Å². The molecule has 116 valence electrons. The lowest BCUT2D eigenvalue weighted by Gasteiger charge is -2.22. The molecule has 2 heterocycles. The Balaban J connectivity index is 1.96. The third-order valence-corrected chi connectivity index (χ3v) is 3.58. The monoisotopic (exact) mass is 293 g/mol. The largest absolute Gasteiger partial charge is 0.476 e. The highest BCUT2D eigenvalue weighted by Crippen LogP contribution is 2.18. The molecular weight excluding hydrogens is 270 g/mol. The van der Waals surface area contributed by atoms with Crippen LogP contribution in [-0.2, 0) is 4.74 Å². The van der Waals surface area contributed by atoms with Gasteiger partial charge in [0.2, 0.25) is 0 Å². The minimum absolute atomic E-state index is 0.0401. The van der Waals surface area contributed by atoms with E-state index in [1.807, 2.05) is 13.8 Å². The lowest BCUT2D eigenvalue weighted by atomic mass is 10.1. The van der Waals surface area contributed by atoms with Crippen LogP contribution in [0.2, 0.25) is 0 Å². The average molecular weight is 293 g/mol. The summed E-state index contributed by atoms with van der Waals surface area (Å²) >= 11 is 0. The summed E-state index contributed by atoms with van der Waals surface area (Å²) < 4.78 is 5.66. The number of ether oxygens (including phenoxy) is 1. The maximum absolute atomic E-state index is 11.3. The van der Waals surface area contributed by atoms with Crippen LogP contribution in [0.5, 0.6) is 0 Å². The van der Waals surface area contributed by atoms with Crippen LogP contribution in [0.4, 0.5) is 5.69 Å². The van der Waals surface area contributed by atoms with Gasteiger partial charge in [-0.15, -0.1) is 0 Å². The second-order valence-corrected chi connectivity index (χ2v) is 5.65. The standard InChI is InChI=1S/C15H23N3O3/c1-10(2)14-17-9-12(13(18-14)15(19)20)16-7-6-11-5-3-4-8-21-11/h9-11,16H,3-8H2,1-2H3,(H,19,20). The third-order valence-electron chi connectivity index (χ3n) is 3.58. The van der Waals surface area contributed by atoms with Gasteiger partial charge in [-0.1, -0.05) is 13.8 Å². The van der Waals surface area contributed by atoms with Gasteiger partial charge >= 0.3 is 5.97 Å². The zero-order chi connectivity index (χ0) is 15.2. The van der Waals surface area contributed by atoms with Crippen molar-refractivity contribution in [2.45, 2.75) is 51.6 Å². The van der Waals surface area contributed by atoms with Crippen LogP contribution in [0.15, 0.2) is 6.20 Å². The van der Waals surface area contributed by atoms with Gasteiger partial charge in [0.25, 0.3) is 0 Å². The molecule has 0 bridgehead atoms. The highest BCUT2D eigenvalue weighted by atomic mass is 16.5. The SMILES string of the molecule is CC(C)c1ncc(NCCC2CCCCO2)c(C(=O)O)n1. The Hall–Kier alpha value is -1.69. The maximum atomic E-state index is 11.3. The summed E-state index contributed by atoms with van der Waals surface area (Å²) in [5.41, 5.74) is 0.515. The molecule has 21 heavy (non-hydrogen) atoms. The highest BCUT2D eigenvalue weighted by molar-refractivity contribution is 5.91. The molecular formula is C15H23N3O3. The first-order chi connectivity index (χ1) is 10.1. The Morgan fingerprint density at radius 1 is 1.52 bits per heavy atom. The Morgan fingerprint density at radius 3 is 2.95 bits per heavy atom. The molecule has 0 aliphatic carbocycles. The number of aromatic nitrogens is 2. The van der Waals surface area contributed by atoms with Gasteiger partial charge in [0, 0.05) is 19.1 Å². The number of hydrogen-bond donors (Lipinski definition) is 2. The zero-order valence-electron chi connectivity index (χ0n) is 12.6. The van der Waals surface area contributed by atoms with Crippen molar-refractivity contribution in [2.75, 3.05) is 18.5 Å². The fourth-order valence-electron chi connectivity index (χ4n) is 2.37. The number of rotatable bonds is 6. The molecule has 1 fully saturated rings. The molecule has 1 saturated heterocycles. The molecule has 0 radical (unpaired) electrons. The topological polar surface area (TPSA) is 84.3 Å². The van der Waals surface area contributed by atoms with Gasteiger partial charge in [-0.2, -0.15) is 0 Å². The van der Waals surface area contributed by atoms with E-state index in [9.17, 15) is 9.90 Å². The molecule has 1 atom stereocenters. The first kappa shape index (κ1) is 15.7. The summed E-state index contributed by atoms with van der Waals surface area (Å²) in [5.74, 6) is -0.378. The Bertz CT molecular complexity index is 485. The van der Waals surface area contributed by atoms with Gasteiger partial charge < -0.3 is 15.2 Å². The summed E-state index contributed by atoms with van der Waals surface area (Å²) in [5, 5.41) is 12.4. The number of carbonyl (C=O) groups is 1. The smallest absolute Gasteiger partial charge is 0.356 e. The molecule has 1 aliphatic rings. The second kappa shape index (κ2) is 7.36. The van der Waals surface area contributed by atoms with Crippen LogP contribution >= 0.6 is 0 Å². The van der Waals surface area contributed by atoms with Crippen molar-refractivity contribution in [1.29, 1.82) is 0 Å². The molecule has 0 spiro atoms. The van der Waals surface area contributed by atoms with Gasteiger partial charge in [-0.25, -0.2) is 14.8 Å². The van der Waals surface area contributed by atoms with Crippen molar-refractivity contribution in [1.82, 2.24) is 9.97 Å². The molecule has 2 rings (SSSR count). The molecule has 0 saturated carbocycles. The maximum Gasteiger partial charge on any atom is 0.356 e. The molecule has 1 aromatic heterocycles. The molecule has 0 aromatic carbocycles. The van der Waals surface area contributed by atoms with Crippen LogP contribution in [0, 0.1) is 0 Å². The van der Waals surface area contributed by atoms with E-state index < -0.39 is 5.97 Å². The van der Waals surface area contributed by atoms with E-state index in [4.69, 9.17) is 4.74 Å². The lowest BCUT2D eigenvalue weighted by molar-refractivity contribution is 0.0134. The predicted octanol–water partition coefficient (Wildman–Crippen LogP) is 2.67. The summed E-state index contributed by atoms with van der Waals surface area (Å²) in [6.45, 7) is 5.37. The van der Waals surface area contributed by atoms with E-state index in [1.54, 1.807) is 6.20 Å². The Kier molecular flexibility index (Phi) is 5.50. The second-order valence-electron chi connectivity index (χ2n) is 5.65. The van der Waals surface area contributed by atoms with Crippen LogP contribution < -0.4 is 5.32 Å². The van der Waals surface area contributed by atoms with Gasteiger partial charge in [-0.05, 0) is 25.7 Å². The number of nitrogens with one attached hydrogen (secondary N) is 1. The summed E-state index contributed by atoms with van der Waals surface area (Å²) in [6, 6.07) is 0. The van der Waals surface area contributed by atoms with Gasteiger partial charge in [0.15, 0.2) is 5.69 Å². The highest BCUT2D eigenvalue weighted by Gasteiger charge is 2.17. The summed E-state index contributed by atoms with van der Waals surface area (Å²) in [7, 11) is 0. The van der Waals surface area contributed by atoms with Crippen molar-refractivity contribution in [2.24, 2.45) is 0 Å². The third kappa shape index (κ3) is 4.39. The van der Waals surface area contributed by atoms with E-state index in [0.29, 0.717) is 18.1 Å².